The smallest absolute Gasteiger partial charge is 1.00 e. The molecule has 0 aliphatic heterocycles. The second-order valence-electron chi connectivity index (χ2n) is 0. The normalized spacial score (nSPS) is 0. The first kappa shape index (κ1) is 25.2. The molecule has 0 aromatic heterocycles. The summed E-state index contributed by atoms with van der Waals surface area (Å²) in [4.78, 5) is 0. The molecule has 20 valence electrons. The Morgan fingerprint density at radius 2 is 0.750 bits per heavy atom. The van der Waals surface area contributed by atoms with Gasteiger partial charge in [-0.2, -0.15) is 0 Å². The predicted molar refractivity (Wildman–Crippen MR) is 13.7 cm³/mol. The molecule has 0 unspecified atom stereocenters. The maximum absolute atomic E-state index is 0. The topological polar surface area (TPSA) is 0 Å². The Kier molecular flexibility index (Phi) is 100. The van der Waals surface area contributed by atoms with Crippen LogP contribution in [0.25, 0.3) is 0 Å². The van der Waals surface area contributed by atoms with Crippen LogP contribution in [0.3, 0.4) is 0 Å². The Labute approximate surface area is 122 Å². The maximum Gasteiger partial charge on any atom is 2.00 e. The average Bonchev–Trinajstić information content (AvgIpc) is 0. The van der Waals surface area contributed by atoms with Crippen molar-refractivity contribution in [2.45, 2.75) is 0 Å². The molecule has 0 saturated heterocycles. The third kappa shape index (κ3) is 9.21. The molecule has 0 fully saturated rings. The number of rotatable bonds is 0. The molecule has 0 amide bonds. The van der Waals surface area contributed by atoms with E-state index < -0.39 is 0 Å². The minimum absolute atomic E-state index is 0. The molecule has 0 heterocycles. The Bertz CT molecular complexity index is 9.51. The van der Waals surface area contributed by atoms with Crippen LogP contribution < -0.4 is 24.8 Å². The molecule has 4 heteroatoms. The van der Waals surface area contributed by atoms with Crippen LogP contribution in [-0.4, -0.2) is 97.8 Å². The van der Waals surface area contributed by atoms with E-state index in [1.165, 1.54) is 0 Å². The van der Waals surface area contributed by atoms with Crippen molar-refractivity contribution in [1.82, 2.24) is 0 Å². The molecule has 0 spiro atoms. The fourth-order valence-corrected chi connectivity index (χ4v) is 0. The van der Waals surface area contributed by atoms with Gasteiger partial charge in [-0.15, -0.1) is 0 Å². The SMILES string of the molecule is [Ba+2].[Ba+2].[Cl-].[Cl-].[H-].[H-]. The molecule has 0 aliphatic carbocycles. The zero-order valence-electron chi connectivity index (χ0n) is 4.17. The van der Waals surface area contributed by atoms with E-state index in [0.29, 0.717) is 0 Å². The van der Waals surface area contributed by atoms with Gasteiger partial charge in [-0.3, -0.25) is 0 Å². The van der Waals surface area contributed by atoms with Gasteiger partial charge in [0.15, 0.2) is 0 Å². The number of halogens is 2. The van der Waals surface area contributed by atoms with E-state index in [1.54, 1.807) is 0 Å². The Morgan fingerprint density at radius 1 is 0.750 bits per heavy atom. The van der Waals surface area contributed by atoms with Gasteiger partial charge in [0.05, 0.1) is 0 Å². The van der Waals surface area contributed by atoms with Crippen LogP contribution in [0.4, 0.5) is 0 Å². The quantitative estimate of drug-likeness (QED) is 0.382. The van der Waals surface area contributed by atoms with Crippen LogP contribution in [0.1, 0.15) is 2.85 Å². The molecule has 0 aromatic rings. The largest absolute Gasteiger partial charge is 2.00 e. The van der Waals surface area contributed by atoms with Gasteiger partial charge < -0.3 is 27.7 Å². The summed E-state index contributed by atoms with van der Waals surface area (Å²) in [6.07, 6.45) is 0. The van der Waals surface area contributed by atoms with Crippen molar-refractivity contribution in [1.29, 1.82) is 0 Å². The molecule has 0 rings (SSSR count). The van der Waals surface area contributed by atoms with Crippen LogP contribution in [0.5, 0.6) is 0 Å². The number of hydrogen-bond acceptors (Lipinski definition) is 0. The van der Waals surface area contributed by atoms with E-state index in [1.807, 2.05) is 0 Å². The summed E-state index contributed by atoms with van der Waals surface area (Å²) in [7, 11) is 0. The van der Waals surface area contributed by atoms with Crippen molar-refractivity contribution in [2.75, 3.05) is 0 Å². The van der Waals surface area contributed by atoms with Gasteiger partial charge in [0.1, 0.15) is 0 Å². The first-order valence-corrected chi connectivity index (χ1v) is 0. The number of hydrogen-bond donors (Lipinski definition) is 0. The predicted octanol–water partition coefficient (Wildman–Crippen LogP) is -6.53. The van der Waals surface area contributed by atoms with Crippen molar-refractivity contribution in [3.8, 4) is 0 Å². The maximum atomic E-state index is 0. The molecule has 0 atom stereocenters. The van der Waals surface area contributed by atoms with Gasteiger partial charge in [0, 0.05) is 0 Å². The van der Waals surface area contributed by atoms with Gasteiger partial charge in [-0.25, -0.2) is 0 Å². The third-order valence-electron chi connectivity index (χ3n) is 0. The van der Waals surface area contributed by atoms with Gasteiger partial charge in [-0.1, -0.05) is 0 Å². The standard InChI is InChI=1S/2Ba.2ClH.2H/h;;2*1H;;/q2*+2;;;2*-1/p-2. The molecule has 0 N–H and O–H groups in total. The van der Waals surface area contributed by atoms with E-state index in [9.17, 15) is 0 Å². The Balaban J connectivity index is 0. The van der Waals surface area contributed by atoms with Crippen molar-refractivity contribution in [2.24, 2.45) is 0 Å². The first-order chi connectivity index (χ1) is 0. The van der Waals surface area contributed by atoms with Gasteiger partial charge in [0.2, 0.25) is 0 Å². The summed E-state index contributed by atoms with van der Waals surface area (Å²) in [5.74, 6) is 0. The molecule has 0 nitrogen and oxygen atoms in total. The third-order valence-corrected chi connectivity index (χ3v) is 0. The van der Waals surface area contributed by atoms with Crippen molar-refractivity contribution < 1.29 is 27.7 Å². The Hall–Kier alpha value is 3.72. The van der Waals surface area contributed by atoms with E-state index in [0.717, 1.165) is 0 Å². The zero-order valence-corrected chi connectivity index (χ0v) is 12.6. The summed E-state index contributed by atoms with van der Waals surface area (Å²) in [6, 6.07) is 0. The van der Waals surface area contributed by atoms with Crippen molar-refractivity contribution in [3.05, 3.63) is 0 Å². The van der Waals surface area contributed by atoms with Gasteiger partial charge >= 0.3 is 97.8 Å². The minimum Gasteiger partial charge on any atom is -1.00 e. The van der Waals surface area contributed by atoms with Crippen LogP contribution in [-0.2, 0) is 0 Å². The zero-order chi connectivity index (χ0) is 0. The second-order valence-corrected chi connectivity index (χ2v) is 0. The van der Waals surface area contributed by atoms with Crippen molar-refractivity contribution in [3.63, 3.8) is 0 Å². The summed E-state index contributed by atoms with van der Waals surface area (Å²) >= 11 is 0. The molecule has 0 saturated carbocycles. The van der Waals surface area contributed by atoms with E-state index >= 15 is 0 Å². The Morgan fingerprint density at radius 3 is 0.750 bits per heavy atom. The van der Waals surface area contributed by atoms with Crippen LogP contribution in [0.2, 0.25) is 0 Å². The molecule has 0 radical (unpaired) electrons. The van der Waals surface area contributed by atoms with Crippen LogP contribution in [0, 0.1) is 0 Å². The monoisotopic (exact) mass is 348 g/mol. The van der Waals surface area contributed by atoms with Gasteiger partial charge in [0.25, 0.3) is 0 Å². The minimum atomic E-state index is 0. The molecular formula is H2Ba2Cl2. The molecule has 0 bridgehead atoms. The first-order valence-electron chi connectivity index (χ1n) is 0. The van der Waals surface area contributed by atoms with E-state index in [2.05, 4.69) is 0 Å². The van der Waals surface area contributed by atoms with E-state index in [-0.39, 0.29) is 125 Å². The summed E-state index contributed by atoms with van der Waals surface area (Å²) in [5, 5.41) is 0. The van der Waals surface area contributed by atoms with Crippen LogP contribution in [0.15, 0.2) is 0 Å². The molecule has 0 aliphatic rings. The van der Waals surface area contributed by atoms with E-state index in [4.69, 9.17) is 0 Å². The fourth-order valence-electron chi connectivity index (χ4n) is 0. The summed E-state index contributed by atoms with van der Waals surface area (Å²) < 4.78 is 0. The average molecular weight is 348 g/mol. The van der Waals surface area contributed by atoms with Crippen molar-refractivity contribution >= 4 is 97.8 Å². The van der Waals surface area contributed by atoms with Gasteiger partial charge in [-0.05, 0) is 0 Å². The second kappa shape index (κ2) is 15.9. The molecule has 4 heavy (non-hydrogen) atoms. The van der Waals surface area contributed by atoms with Crippen LogP contribution >= 0.6 is 0 Å². The molecular weight excluding hydrogens is 346 g/mol. The molecule has 0 aromatic carbocycles. The summed E-state index contributed by atoms with van der Waals surface area (Å²) in [6.45, 7) is 0. The fraction of sp³-hybridized carbons (Fsp3) is 0. The summed E-state index contributed by atoms with van der Waals surface area (Å²) in [5.41, 5.74) is 0.